The van der Waals surface area contributed by atoms with Crippen molar-refractivity contribution in [3.63, 3.8) is 0 Å². The topological polar surface area (TPSA) is 130 Å². The van der Waals surface area contributed by atoms with Crippen LogP contribution in [0, 0.1) is 0 Å². The zero-order valence-corrected chi connectivity index (χ0v) is 25.5. The van der Waals surface area contributed by atoms with Crippen LogP contribution in [0.3, 0.4) is 0 Å². The second kappa shape index (κ2) is 12.2. The zero-order chi connectivity index (χ0) is 29.1. The van der Waals surface area contributed by atoms with E-state index in [0.717, 1.165) is 5.56 Å². The Morgan fingerprint density at radius 3 is 2.36 bits per heavy atom. The molecular formula is C27H43N3O8Si. The molecule has 1 aromatic carbocycles. The number of azide groups is 1. The molecule has 1 unspecified atom stereocenters. The number of benzene rings is 1. The number of carbonyl (C=O) groups is 1. The number of rotatable bonds is 10. The summed E-state index contributed by atoms with van der Waals surface area (Å²) in [4.78, 5) is 16.1. The maximum atomic E-state index is 13.0. The molecule has 2 fully saturated rings. The quantitative estimate of drug-likeness (QED) is 0.126. The normalized spacial score (nSPS) is 30.9. The number of methoxy groups -OCH3 is 2. The van der Waals surface area contributed by atoms with Crippen LogP contribution in [-0.2, 0) is 44.2 Å². The first-order chi connectivity index (χ1) is 18.2. The van der Waals surface area contributed by atoms with E-state index >= 15 is 0 Å². The average Bonchev–Trinajstić information content (AvgIpc) is 3.20. The lowest BCUT2D eigenvalue weighted by atomic mass is 9.89. The molecule has 0 N–H and O–H groups in total. The van der Waals surface area contributed by atoms with Crippen molar-refractivity contribution >= 4 is 14.3 Å². The van der Waals surface area contributed by atoms with Crippen LogP contribution in [0.2, 0.25) is 18.1 Å². The molecule has 0 bridgehead atoms. The fourth-order valence-electron chi connectivity index (χ4n) is 4.61. The molecule has 0 radical (unpaired) electrons. The smallest absolute Gasteiger partial charge is 0.366 e. The summed E-state index contributed by atoms with van der Waals surface area (Å²) in [5, 5.41) is 4.06. The van der Waals surface area contributed by atoms with E-state index < -0.39 is 56.3 Å². The van der Waals surface area contributed by atoms with Gasteiger partial charge in [0.25, 0.3) is 5.79 Å². The van der Waals surface area contributed by atoms with Crippen molar-refractivity contribution in [3.8, 4) is 0 Å². The molecule has 2 aliphatic rings. The second-order valence-corrected chi connectivity index (χ2v) is 16.8. The third kappa shape index (κ3) is 7.19. The van der Waals surface area contributed by atoms with Crippen LogP contribution < -0.4 is 0 Å². The molecule has 0 aromatic heterocycles. The maximum Gasteiger partial charge on any atom is 0.366 e. The SMILES string of the molecule is COC(=O)[C@]1(OC)C[C@H](OCc2ccccc2)[C@@H](N=[N+]=[N-])C([C@@H]2OC(C)(C)O[C@@H]2CO[Si](C)(C)C(C)(C)C)O1. The lowest BCUT2D eigenvalue weighted by Crippen LogP contribution is -2.63. The number of carbonyl (C=O) groups excluding carboxylic acids is 1. The Hall–Kier alpha value is -2.02. The maximum absolute atomic E-state index is 13.0. The van der Waals surface area contributed by atoms with E-state index in [1.165, 1.54) is 14.2 Å². The Bertz CT molecular complexity index is 1030. The predicted molar refractivity (Wildman–Crippen MR) is 146 cm³/mol. The molecule has 12 heteroatoms. The summed E-state index contributed by atoms with van der Waals surface area (Å²) < 4.78 is 42.4. The molecule has 0 spiro atoms. The summed E-state index contributed by atoms with van der Waals surface area (Å²) in [6.45, 7) is 14.8. The molecule has 2 heterocycles. The van der Waals surface area contributed by atoms with Gasteiger partial charge in [0, 0.05) is 18.4 Å². The first-order valence-corrected chi connectivity index (χ1v) is 16.1. The van der Waals surface area contributed by atoms with Gasteiger partial charge >= 0.3 is 5.97 Å². The number of hydrogen-bond donors (Lipinski definition) is 0. The van der Waals surface area contributed by atoms with Gasteiger partial charge in [-0.1, -0.05) is 56.2 Å². The van der Waals surface area contributed by atoms with Gasteiger partial charge in [-0.3, -0.25) is 0 Å². The van der Waals surface area contributed by atoms with Crippen molar-refractivity contribution in [2.45, 2.75) is 108 Å². The summed E-state index contributed by atoms with van der Waals surface area (Å²) in [6, 6.07) is 8.72. The lowest BCUT2D eigenvalue weighted by Gasteiger charge is -2.46. The molecule has 6 atom stereocenters. The van der Waals surface area contributed by atoms with Crippen molar-refractivity contribution in [1.82, 2.24) is 0 Å². The van der Waals surface area contributed by atoms with Gasteiger partial charge in [-0.15, -0.1) is 0 Å². The number of esters is 1. The minimum atomic E-state index is -2.13. The standard InChI is InChI=1S/C27H43N3O8Si/c1-25(2,3)39(8,9)35-17-20-22(37-26(4,5)36-20)23-21(29-30-28)19(34-16-18-13-11-10-12-14-18)15-27(33-7,38-23)24(31)32-6/h10-14,19-23H,15-17H2,1-9H3/t19-,20+,21+,22+,23?,27-/m0/s1. The van der Waals surface area contributed by atoms with Crippen molar-refractivity contribution in [1.29, 1.82) is 0 Å². The van der Waals surface area contributed by atoms with E-state index in [2.05, 4.69) is 43.9 Å². The molecule has 2 saturated heterocycles. The number of ether oxygens (including phenoxy) is 6. The second-order valence-electron chi connectivity index (χ2n) is 12.0. The van der Waals surface area contributed by atoms with Gasteiger partial charge < -0.3 is 32.8 Å². The number of hydrogen-bond acceptors (Lipinski definition) is 9. The van der Waals surface area contributed by atoms with Crippen molar-refractivity contribution in [2.24, 2.45) is 5.11 Å². The molecule has 3 rings (SSSR count). The number of nitrogens with zero attached hydrogens (tertiary/aromatic N) is 3. The largest absolute Gasteiger partial charge is 0.465 e. The first-order valence-electron chi connectivity index (χ1n) is 13.2. The summed E-state index contributed by atoms with van der Waals surface area (Å²) in [5.74, 6) is -3.51. The highest BCUT2D eigenvalue weighted by Gasteiger charge is 2.59. The Balaban J connectivity index is 1.98. The van der Waals surface area contributed by atoms with E-state index in [-0.39, 0.29) is 24.7 Å². The third-order valence-corrected chi connectivity index (χ3v) is 12.3. The Morgan fingerprint density at radius 1 is 1.13 bits per heavy atom. The van der Waals surface area contributed by atoms with Gasteiger partial charge in [0.2, 0.25) is 0 Å². The van der Waals surface area contributed by atoms with Gasteiger partial charge in [-0.25, -0.2) is 4.79 Å². The third-order valence-electron chi connectivity index (χ3n) is 7.79. The Kier molecular flexibility index (Phi) is 9.88. The van der Waals surface area contributed by atoms with E-state index in [4.69, 9.17) is 32.8 Å². The predicted octanol–water partition coefficient (Wildman–Crippen LogP) is 5.10. The van der Waals surface area contributed by atoms with Crippen LogP contribution in [0.1, 0.15) is 46.6 Å². The van der Waals surface area contributed by atoms with Gasteiger partial charge in [0.15, 0.2) is 14.1 Å². The molecule has 2 aliphatic heterocycles. The van der Waals surface area contributed by atoms with Crippen LogP contribution in [0.5, 0.6) is 0 Å². The molecule has 218 valence electrons. The monoisotopic (exact) mass is 565 g/mol. The van der Waals surface area contributed by atoms with E-state index in [1.54, 1.807) is 13.8 Å². The Labute approximate surface area is 232 Å². The van der Waals surface area contributed by atoms with Crippen molar-refractivity contribution in [3.05, 3.63) is 46.3 Å². The highest BCUT2D eigenvalue weighted by molar-refractivity contribution is 6.74. The van der Waals surface area contributed by atoms with Gasteiger partial charge in [-0.05, 0) is 43.1 Å². The van der Waals surface area contributed by atoms with E-state index in [1.807, 2.05) is 30.3 Å². The first kappa shape index (κ1) is 31.5. The summed E-state index contributed by atoms with van der Waals surface area (Å²) in [6.07, 6.45) is -3.11. The van der Waals surface area contributed by atoms with Crippen LogP contribution in [0.15, 0.2) is 35.4 Å². The molecule has 0 aliphatic carbocycles. The minimum Gasteiger partial charge on any atom is -0.465 e. The van der Waals surface area contributed by atoms with E-state index in [9.17, 15) is 10.3 Å². The fraction of sp³-hybridized carbons (Fsp3) is 0.741. The molecule has 0 amide bonds. The molecule has 11 nitrogen and oxygen atoms in total. The molecule has 1 aromatic rings. The van der Waals surface area contributed by atoms with Gasteiger partial charge in [-0.2, -0.15) is 0 Å². The summed E-state index contributed by atoms with van der Waals surface area (Å²) in [5.41, 5.74) is 10.4. The average molecular weight is 566 g/mol. The molecule has 0 saturated carbocycles. The van der Waals surface area contributed by atoms with Crippen molar-refractivity contribution in [2.75, 3.05) is 20.8 Å². The lowest BCUT2D eigenvalue weighted by molar-refractivity contribution is -0.305. The van der Waals surface area contributed by atoms with E-state index in [0.29, 0.717) is 0 Å². The molecular weight excluding hydrogens is 522 g/mol. The van der Waals surface area contributed by atoms with Crippen LogP contribution in [0.25, 0.3) is 10.4 Å². The van der Waals surface area contributed by atoms with Crippen LogP contribution in [0.4, 0.5) is 0 Å². The summed E-state index contributed by atoms with van der Waals surface area (Å²) >= 11 is 0. The molecule has 39 heavy (non-hydrogen) atoms. The van der Waals surface area contributed by atoms with Crippen LogP contribution in [-0.4, -0.2) is 77.1 Å². The zero-order valence-electron chi connectivity index (χ0n) is 24.5. The summed E-state index contributed by atoms with van der Waals surface area (Å²) in [7, 11) is 0.490. The Morgan fingerprint density at radius 2 is 1.79 bits per heavy atom. The highest BCUT2D eigenvalue weighted by atomic mass is 28.4. The highest BCUT2D eigenvalue weighted by Crippen LogP contribution is 2.42. The van der Waals surface area contributed by atoms with Crippen LogP contribution >= 0.6 is 0 Å². The van der Waals surface area contributed by atoms with Gasteiger partial charge in [0.05, 0.1) is 32.5 Å². The fourth-order valence-corrected chi connectivity index (χ4v) is 5.62. The minimum absolute atomic E-state index is 0.0150. The van der Waals surface area contributed by atoms with Crippen molar-refractivity contribution < 1.29 is 37.6 Å². The van der Waals surface area contributed by atoms with Gasteiger partial charge in [0.1, 0.15) is 18.3 Å².